The Morgan fingerprint density at radius 3 is 0.985 bits per heavy atom. The van der Waals surface area contributed by atoms with E-state index in [1.54, 1.807) is 0 Å². The van der Waals surface area contributed by atoms with E-state index in [0.717, 1.165) is 44.6 Å². The largest absolute Gasteiger partial charge is 0.308 e. The normalized spacial score (nSPS) is 13.8. The van der Waals surface area contributed by atoms with Crippen molar-refractivity contribution in [2.75, 3.05) is 0 Å². The number of rotatable bonds is 3. The summed E-state index contributed by atoms with van der Waals surface area (Å²) >= 11 is 0. The minimum Gasteiger partial charge on any atom is -0.308 e. The van der Waals surface area contributed by atoms with Crippen LogP contribution in [0.15, 0.2) is 76.3 Å². The molecule has 4 heteroatoms. The van der Waals surface area contributed by atoms with E-state index in [1.165, 1.54) is 38.9 Å². The van der Waals surface area contributed by atoms with Crippen LogP contribution in [0.2, 0.25) is 0 Å². The van der Waals surface area contributed by atoms with Gasteiger partial charge in [-0.1, -0.05) is 190 Å². The summed E-state index contributed by atoms with van der Waals surface area (Å²) in [7, 11) is 0. The van der Waals surface area contributed by atoms with Gasteiger partial charge >= 0.3 is 0 Å². The van der Waals surface area contributed by atoms with Gasteiger partial charge in [0.1, 0.15) is 0 Å². The Labute approximate surface area is 409 Å². The van der Waals surface area contributed by atoms with E-state index >= 15 is 9.59 Å². The molecule has 7 rings (SSSR count). The summed E-state index contributed by atoms with van der Waals surface area (Å²) in [6.45, 7) is 54.7. The molecule has 0 spiro atoms. The van der Waals surface area contributed by atoms with Gasteiger partial charge in [-0.2, -0.15) is 0 Å². The number of benzene rings is 5. The van der Waals surface area contributed by atoms with Crippen LogP contribution in [0.5, 0.6) is 0 Å². The van der Waals surface area contributed by atoms with Crippen molar-refractivity contribution in [1.29, 1.82) is 0 Å². The van der Waals surface area contributed by atoms with E-state index in [2.05, 4.69) is 242 Å². The van der Waals surface area contributed by atoms with E-state index in [1.807, 2.05) is 0 Å². The first-order chi connectivity index (χ1) is 30.7. The van der Waals surface area contributed by atoms with Gasteiger partial charge < -0.3 is 9.13 Å². The summed E-state index contributed by atoms with van der Waals surface area (Å²) in [5.41, 5.74) is 14.7. The molecule has 0 saturated carbocycles. The summed E-state index contributed by atoms with van der Waals surface area (Å²) in [6, 6.07) is 24.7. The Bertz CT molecular complexity index is 3250. The van der Waals surface area contributed by atoms with Gasteiger partial charge in [0, 0.05) is 21.5 Å². The Morgan fingerprint density at radius 1 is 0.353 bits per heavy atom. The highest BCUT2D eigenvalue weighted by Crippen LogP contribution is 2.46. The van der Waals surface area contributed by atoms with Crippen molar-refractivity contribution in [2.45, 2.75) is 210 Å². The van der Waals surface area contributed by atoms with Crippen LogP contribution >= 0.6 is 0 Å². The lowest BCUT2D eigenvalue weighted by Gasteiger charge is -2.36. The number of aromatic nitrogens is 2. The van der Waals surface area contributed by atoms with E-state index < -0.39 is 0 Å². The number of hydrogen-bond acceptors (Lipinski definition) is 2. The third-order valence-corrected chi connectivity index (χ3v) is 14.6. The van der Waals surface area contributed by atoms with Crippen molar-refractivity contribution in [3.05, 3.63) is 137 Å². The predicted octanol–water partition coefficient (Wildman–Crippen LogP) is 17.1. The van der Waals surface area contributed by atoms with Crippen LogP contribution < -0.4 is 10.9 Å². The number of aryl methyl sites for hydroxylation is 1. The molecule has 0 saturated heterocycles. The molecule has 68 heavy (non-hydrogen) atoms. The molecule has 0 radical (unpaired) electrons. The molecule has 2 aromatic heterocycles. The summed E-state index contributed by atoms with van der Waals surface area (Å²) in [5, 5.41) is 2.54. The number of hydrogen-bond donors (Lipinski definition) is 0. The molecular weight excluding hydrogens is 829 g/mol. The quantitative estimate of drug-likeness (QED) is 0.166. The average molecular weight is 913 g/mol. The van der Waals surface area contributed by atoms with Crippen molar-refractivity contribution in [1.82, 2.24) is 9.13 Å². The molecule has 0 aliphatic carbocycles. The zero-order valence-corrected chi connectivity index (χ0v) is 46.6. The summed E-state index contributed by atoms with van der Waals surface area (Å²) in [5.74, 6) is 0.234. The number of nitrogens with zero attached hydrogens (tertiary/aromatic N) is 2. The fourth-order valence-electron chi connectivity index (χ4n) is 10.3. The lowest BCUT2D eigenvalue weighted by Crippen LogP contribution is -2.27. The SMILES string of the molecule is Cc1cc2c(=O)c3cc4c(cc3n(-c3c(C(C)(C)C)cc(C(C)(C)C)cc3C(C)(C)C)c2cc1C(C)C)c(=O)c1ccc(C(C)(C)C)cc1n4-c1c(C(C)(C)C)cc(C(C)(C)C)cc1C(C)(C)C. The lowest BCUT2D eigenvalue weighted by molar-refractivity contribution is 0.544. The standard InChI is InChI=1S/C64H84N2O2/c1-36(2)42-33-51-43(27-37(42)3)57(68)45-35-52-44(34-53(45)66(51)55-48(63(19,20)21)30-40(60(10,11)12)31-49(55)64(22,23)24)56(67)41-26-25-38(58(4,5)6)32-50(41)65(52)54-46(61(13,14)15)28-39(59(7,8)9)29-47(54)62(16,17)18/h25-36H,1-24H3. The molecule has 0 aliphatic rings. The highest BCUT2D eigenvalue weighted by Gasteiger charge is 2.35. The van der Waals surface area contributed by atoms with Crippen molar-refractivity contribution in [3.8, 4) is 11.4 Å². The molecule has 0 unspecified atom stereocenters. The van der Waals surface area contributed by atoms with Gasteiger partial charge in [0.15, 0.2) is 10.9 Å². The van der Waals surface area contributed by atoms with Gasteiger partial charge in [0.05, 0.1) is 33.4 Å². The minimum absolute atomic E-state index is 0.0230. The van der Waals surface area contributed by atoms with Crippen LogP contribution in [-0.4, -0.2) is 9.13 Å². The number of pyridine rings is 2. The summed E-state index contributed by atoms with van der Waals surface area (Å²) in [6.07, 6.45) is 0. The molecule has 362 valence electrons. The van der Waals surface area contributed by atoms with Gasteiger partial charge in [0.25, 0.3) is 0 Å². The Morgan fingerprint density at radius 2 is 0.662 bits per heavy atom. The van der Waals surface area contributed by atoms with Crippen molar-refractivity contribution in [2.24, 2.45) is 0 Å². The first-order valence-electron chi connectivity index (χ1n) is 25.3. The molecule has 7 aromatic rings. The maximum atomic E-state index is 15.8. The zero-order chi connectivity index (χ0) is 51.1. The molecule has 4 nitrogen and oxygen atoms in total. The van der Waals surface area contributed by atoms with Crippen molar-refractivity contribution < 1.29 is 0 Å². The highest BCUT2D eigenvalue weighted by molar-refractivity contribution is 6.06. The topological polar surface area (TPSA) is 44.0 Å². The third kappa shape index (κ3) is 8.81. The van der Waals surface area contributed by atoms with Gasteiger partial charge in [-0.3, -0.25) is 9.59 Å². The Hall–Kier alpha value is -4.96. The second-order valence-corrected chi connectivity index (χ2v) is 27.9. The second-order valence-electron chi connectivity index (χ2n) is 27.9. The van der Waals surface area contributed by atoms with Gasteiger partial charge in [-0.25, -0.2) is 0 Å². The van der Waals surface area contributed by atoms with Crippen LogP contribution in [0.4, 0.5) is 0 Å². The zero-order valence-electron chi connectivity index (χ0n) is 46.6. The third-order valence-electron chi connectivity index (χ3n) is 14.6. The predicted molar refractivity (Wildman–Crippen MR) is 297 cm³/mol. The maximum absolute atomic E-state index is 15.8. The molecule has 0 atom stereocenters. The van der Waals surface area contributed by atoms with Crippen LogP contribution in [0.25, 0.3) is 55.0 Å². The van der Waals surface area contributed by atoms with Crippen LogP contribution in [0, 0.1) is 6.92 Å². The van der Waals surface area contributed by atoms with Crippen LogP contribution in [-0.2, 0) is 37.9 Å². The average Bonchev–Trinajstić information content (AvgIpc) is 3.17. The molecule has 0 N–H and O–H groups in total. The highest BCUT2D eigenvalue weighted by atomic mass is 16.1. The smallest absolute Gasteiger partial charge is 0.197 e. The molecule has 0 fully saturated rings. The minimum atomic E-state index is -0.280. The molecule has 0 amide bonds. The van der Waals surface area contributed by atoms with Gasteiger partial charge in [-0.05, 0) is 137 Å². The lowest BCUT2D eigenvalue weighted by atomic mass is 9.73. The van der Waals surface area contributed by atoms with Gasteiger partial charge in [-0.15, -0.1) is 0 Å². The monoisotopic (exact) mass is 913 g/mol. The van der Waals surface area contributed by atoms with E-state index in [9.17, 15) is 0 Å². The van der Waals surface area contributed by atoms with E-state index in [4.69, 9.17) is 0 Å². The van der Waals surface area contributed by atoms with Crippen LogP contribution in [0.3, 0.4) is 0 Å². The fourth-order valence-corrected chi connectivity index (χ4v) is 10.3. The van der Waals surface area contributed by atoms with Crippen molar-refractivity contribution in [3.63, 3.8) is 0 Å². The summed E-state index contributed by atoms with van der Waals surface area (Å²) in [4.78, 5) is 31.5. The van der Waals surface area contributed by atoms with E-state index in [-0.39, 0.29) is 54.7 Å². The van der Waals surface area contributed by atoms with Crippen LogP contribution in [0.1, 0.15) is 215 Å². The van der Waals surface area contributed by atoms with Crippen molar-refractivity contribution >= 4 is 43.6 Å². The molecule has 0 bridgehead atoms. The molecular formula is C64H84N2O2. The molecule has 0 aliphatic heterocycles. The molecule has 2 heterocycles. The maximum Gasteiger partial charge on any atom is 0.197 e. The molecule has 5 aromatic carbocycles. The first kappa shape index (κ1) is 50.9. The fraction of sp³-hybridized carbons (Fsp3) is 0.500. The van der Waals surface area contributed by atoms with E-state index in [0.29, 0.717) is 21.5 Å². The Balaban J connectivity index is 1.89. The number of fused-ring (bicyclic) bond motifs is 4. The summed E-state index contributed by atoms with van der Waals surface area (Å²) < 4.78 is 4.77. The Kier molecular flexibility index (Phi) is 12.0. The van der Waals surface area contributed by atoms with Gasteiger partial charge in [0.2, 0.25) is 0 Å². The second kappa shape index (κ2) is 16.0. The first-order valence-corrected chi connectivity index (χ1v) is 25.3.